The summed E-state index contributed by atoms with van der Waals surface area (Å²) in [6, 6.07) is -0.162. The van der Waals surface area contributed by atoms with E-state index in [0.29, 0.717) is 18.4 Å². The zero-order valence-electron chi connectivity index (χ0n) is 23.2. The molecule has 0 aliphatic heterocycles. The van der Waals surface area contributed by atoms with E-state index in [2.05, 4.69) is 71.4 Å². The van der Waals surface area contributed by atoms with E-state index in [-0.39, 0.29) is 17.9 Å². The summed E-state index contributed by atoms with van der Waals surface area (Å²) < 4.78 is 30.6. The van der Waals surface area contributed by atoms with Crippen LogP contribution in [0.25, 0.3) is 0 Å². The first-order chi connectivity index (χ1) is 19.6. The van der Waals surface area contributed by atoms with Gasteiger partial charge in [-0.05, 0) is 104 Å². The van der Waals surface area contributed by atoms with E-state index in [1.807, 2.05) is 18.2 Å². The molecule has 2 N–H and O–H groups in total. The highest BCUT2D eigenvalue weighted by Gasteiger charge is 2.32. The van der Waals surface area contributed by atoms with Gasteiger partial charge in [-0.1, -0.05) is 66.8 Å². The highest BCUT2D eigenvalue weighted by molar-refractivity contribution is 5.43. The molecule has 0 spiro atoms. The molecule has 0 aromatic carbocycles. The van der Waals surface area contributed by atoms with E-state index < -0.39 is 12.1 Å². The first-order valence-electron chi connectivity index (χ1n) is 15.1. The van der Waals surface area contributed by atoms with Crippen molar-refractivity contribution < 1.29 is 8.78 Å². The van der Waals surface area contributed by atoms with Crippen molar-refractivity contribution in [2.75, 3.05) is 0 Å². The second kappa shape index (κ2) is 12.4. The molecule has 2 nitrogen and oxygen atoms in total. The van der Waals surface area contributed by atoms with Crippen molar-refractivity contribution in [1.82, 2.24) is 10.6 Å². The number of alkyl halides is 1. The molecule has 40 heavy (non-hydrogen) atoms. The van der Waals surface area contributed by atoms with Crippen LogP contribution in [0.15, 0.2) is 130 Å². The maximum atomic E-state index is 15.4. The normalized spacial score (nSPS) is 30.1. The van der Waals surface area contributed by atoms with Crippen molar-refractivity contribution in [3.63, 3.8) is 0 Å². The lowest BCUT2D eigenvalue weighted by atomic mass is 9.82. The SMILES string of the molecule is FC1=CC(NC2=CC=C(C3=CC=CCC3)CC2)CC=C1C1C=CC(NC2=CC=C(C3=CC=CCC3)CC2)CC1F. The Bertz CT molecular complexity index is 1340. The Balaban J connectivity index is 1.03. The molecule has 0 saturated heterocycles. The van der Waals surface area contributed by atoms with E-state index in [1.54, 1.807) is 6.08 Å². The minimum atomic E-state index is -1.11. The summed E-state index contributed by atoms with van der Waals surface area (Å²) in [5, 5.41) is 7.03. The fraction of sp³-hybridized carbons (Fsp3) is 0.389. The summed E-state index contributed by atoms with van der Waals surface area (Å²) in [5.41, 5.74) is 8.47. The number of allylic oxidation sites excluding steroid dienone is 19. The van der Waals surface area contributed by atoms with Gasteiger partial charge in [-0.3, -0.25) is 0 Å². The third kappa shape index (κ3) is 6.32. The first-order valence-corrected chi connectivity index (χ1v) is 15.1. The molecule has 0 heterocycles. The van der Waals surface area contributed by atoms with Crippen LogP contribution >= 0.6 is 0 Å². The summed E-state index contributed by atoms with van der Waals surface area (Å²) in [6.07, 6.45) is 37.5. The van der Waals surface area contributed by atoms with Gasteiger partial charge in [0.1, 0.15) is 12.0 Å². The fourth-order valence-corrected chi connectivity index (χ4v) is 6.60. The number of nitrogens with one attached hydrogen (secondary N) is 2. The van der Waals surface area contributed by atoms with Gasteiger partial charge in [0.15, 0.2) is 0 Å². The van der Waals surface area contributed by atoms with Crippen LogP contribution in [-0.2, 0) is 0 Å². The van der Waals surface area contributed by atoms with Gasteiger partial charge in [0.2, 0.25) is 0 Å². The van der Waals surface area contributed by atoms with E-state index in [4.69, 9.17) is 0 Å². The largest absolute Gasteiger partial charge is 0.382 e. The minimum Gasteiger partial charge on any atom is -0.382 e. The summed E-state index contributed by atoms with van der Waals surface area (Å²) >= 11 is 0. The smallest absolute Gasteiger partial charge is 0.124 e. The van der Waals surface area contributed by atoms with Crippen molar-refractivity contribution in [3.05, 3.63) is 130 Å². The predicted molar refractivity (Wildman–Crippen MR) is 162 cm³/mol. The van der Waals surface area contributed by atoms with Gasteiger partial charge in [-0.25, -0.2) is 8.78 Å². The fourth-order valence-electron chi connectivity index (χ4n) is 6.60. The molecule has 6 rings (SSSR count). The van der Waals surface area contributed by atoms with E-state index in [1.165, 1.54) is 22.3 Å². The molecular formula is C36H40F2N2. The third-order valence-corrected chi connectivity index (χ3v) is 8.89. The van der Waals surface area contributed by atoms with E-state index >= 15 is 8.78 Å². The van der Waals surface area contributed by atoms with E-state index in [0.717, 1.165) is 62.8 Å². The van der Waals surface area contributed by atoms with Crippen LogP contribution in [0.4, 0.5) is 8.78 Å². The molecule has 4 atom stereocenters. The molecule has 4 heteroatoms. The molecule has 0 fully saturated rings. The van der Waals surface area contributed by atoms with Crippen LogP contribution in [-0.4, -0.2) is 18.3 Å². The number of rotatable bonds is 7. The van der Waals surface area contributed by atoms with E-state index in [9.17, 15) is 0 Å². The lowest BCUT2D eigenvalue weighted by molar-refractivity contribution is 0.241. The molecule has 0 aromatic rings. The Labute approximate surface area is 237 Å². The van der Waals surface area contributed by atoms with Gasteiger partial charge in [0.25, 0.3) is 0 Å². The zero-order valence-corrected chi connectivity index (χ0v) is 23.2. The molecule has 6 aliphatic rings. The Morgan fingerprint density at radius 1 is 0.650 bits per heavy atom. The van der Waals surface area contributed by atoms with Crippen molar-refractivity contribution >= 4 is 0 Å². The molecule has 6 aliphatic carbocycles. The molecular weight excluding hydrogens is 498 g/mol. The zero-order chi connectivity index (χ0) is 27.3. The number of hydrogen-bond donors (Lipinski definition) is 2. The van der Waals surface area contributed by atoms with Crippen LogP contribution in [0.2, 0.25) is 0 Å². The number of halogens is 2. The highest BCUT2D eigenvalue weighted by atomic mass is 19.1. The topological polar surface area (TPSA) is 24.1 Å². The molecule has 208 valence electrons. The molecule has 0 bridgehead atoms. The average Bonchev–Trinajstić information content (AvgIpc) is 2.99. The summed E-state index contributed by atoms with van der Waals surface area (Å²) in [4.78, 5) is 0. The average molecular weight is 539 g/mol. The summed E-state index contributed by atoms with van der Waals surface area (Å²) in [7, 11) is 0. The second-order valence-electron chi connectivity index (χ2n) is 11.7. The highest BCUT2D eigenvalue weighted by Crippen LogP contribution is 2.36. The van der Waals surface area contributed by atoms with Gasteiger partial charge in [-0.15, -0.1) is 0 Å². The van der Waals surface area contributed by atoms with Crippen LogP contribution in [0, 0.1) is 5.92 Å². The molecule has 0 radical (unpaired) electrons. The van der Waals surface area contributed by atoms with Crippen LogP contribution < -0.4 is 10.6 Å². The molecule has 0 amide bonds. The minimum absolute atomic E-state index is 0.0634. The monoisotopic (exact) mass is 538 g/mol. The lowest BCUT2D eigenvalue weighted by Crippen LogP contribution is -2.36. The third-order valence-electron chi connectivity index (χ3n) is 8.89. The standard InChI is InChI=1S/C36H40F2N2/c37-35-23-31(39-29-15-11-27(12-16-29)25-7-3-1-4-8-25)19-21-33(35)34-22-20-32(24-36(34)38)40-30-17-13-28(14-18-30)26-9-5-2-6-10-26/h1-3,5,7,9,11,13,15,17,19,21-22,24,31-33,35,39-40H,4,6,8,10,12,14,16,18,20,23H2. The maximum absolute atomic E-state index is 15.4. The van der Waals surface area contributed by atoms with Crippen molar-refractivity contribution in [2.24, 2.45) is 5.92 Å². The Kier molecular flexibility index (Phi) is 8.32. The Hall–Kier alpha value is -3.40. The molecule has 0 aromatic heterocycles. The van der Waals surface area contributed by atoms with Crippen molar-refractivity contribution in [3.8, 4) is 0 Å². The Morgan fingerprint density at radius 2 is 1.25 bits per heavy atom. The first kappa shape index (κ1) is 26.8. The van der Waals surface area contributed by atoms with Crippen LogP contribution in [0.3, 0.4) is 0 Å². The second-order valence-corrected chi connectivity index (χ2v) is 11.7. The van der Waals surface area contributed by atoms with Gasteiger partial charge in [-0.2, -0.15) is 0 Å². The lowest BCUT2D eigenvalue weighted by Gasteiger charge is -2.32. The molecule has 4 unspecified atom stereocenters. The van der Waals surface area contributed by atoms with Crippen molar-refractivity contribution in [2.45, 2.75) is 82.5 Å². The maximum Gasteiger partial charge on any atom is 0.124 e. The van der Waals surface area contributed by atoms with Crippen molar-refractivity contribution in [1.29, 1.82) is 0 Å². The van der Waals surface area contributed by atoms with Gasteiger partial charge in [0.05, 0.1) is 6.04 Å². The van der Waals surface area contributed by atoms with Gasteiger partial charge < -0.3 is 10.6 Å². The predicted octanol–water partition coefficient (Wildman–Crippen LogP) is 8.76. The van der Waals surface area contributed by atoms with Crippen LogP contribution in [0.1, 0.15) is 64.2 Å². The van der Waals surface area contributed by atoms with Gasteiger partial charge >= 0.3 is 0 Å². The quantitative estimate of drug-likeness (QED) is 0.317. The van der Waals surface area contributed by atoms with Gasteiger partial charge in [0, 0.05) is 29.8 Å². The number of hydrogen-bond acceptors (Lipinski definition) is 2. The summed E-state index contributed by atoms with van der Waals surface area (Å²) in [5.74, 6) is -0.815. The Morgan fingerprint density at radius 3 is 1.75 bits per heavy atom. The van der Waals surface area contributed by atoms with Crippen LogP contribution in [0.5, 0.6) is 0 Å². The summed E-state index contributed by atoms with van der Waals surface area (Å²) in [6.45, 7) is 0. The molecule has 0 saturated carbocycles.